The second-order valence-corrected chi connectivity index (χ2v) is 8.42. The molecule has 3 aromatic heterocycles. The van der Waals surface area contributed by atoms with Gasteiger partial charge in [0.05, 0.1) is 11.3 Å². The average Bonchev–Trinajstić information content (AvgIpc) is 3.22. The van der Waals surface area contributed by atoms with Gasteiger partial charge in [-0.05, 0) is 31.8 Å². The standard InChI is InChI=1S/C25H21FN6O/c1-25(33)11-16(12-25)24-31-21(22-23(27)28-13-29-32(22)24)17-9-7-15-8-10-18(30-20(15)19(17)26)14-5-3-2-4-6-14/h2-10,13,16,33H,11-12H2,1H3,(H2,27,28,29)/t16-,25-/i1D3. The third kappa shape index (κ3) is 3.14. The van der Waals surface area contributed by atoms with E-state index in [0.29, 0.717) is 22.4 Å². The molecule has 1 aliphatic carbocycles. The first-order valence-electron chi connectivity index (χ1n) is 12.0. The molecule has 0 bridgehead atoms. The molecule has 2 aromatic carbocycles. The minimum Gasteiger partial charge on any atom is -0.390 e. The summed E-state index contributed by atoms with van der Waals surface area (Å²) in [7, 11) is 0. The van der Waals surface area contributed by atoms with E-state index in [1.807, 2.05) is 42.5 Å². The molecule has 7 nitrogen and oxygen atoms in total. The Morgan fingerprint density at radius 1 is 1.12 bits per heavy atom. The second kappa shape index (κ2) is 7.05. The summed E-state index contributed by atoms with van der Waals surface area (Å²) in [6, 6.07) is 16.5. The number of anilines is 1. The molecule has 6 rings (SSSR count). The van der Waals surface area contributed by atoms with Crippen molar-refractivity contribution in [3.63, 3.8) is 0 Å². The highest BCUT2D eigenvalue weighted by atomic mass is 19.1. The van der Waals surface area contributed by atoms with Gasteiger partial charge in [0.15, 0.2) is 11.6 Å². The van der Waals surface area contributed by atoms with Crippen LogP contribution in [0.5, 0.6) is 0 Å². The van der Waals surface area contributed by atoms with Crippen LogP contribution in [0.1, 0.15) is 35.5 Å². The maximum Gasteiger partial charge on any atom is 0.158 e. The first kappa shape index (κ1) is 16.7. The van der Waals surface area contributed by atoms with Gasteiger partial charge in [0.25, 0.3) is 0 Å². The van der Waals surface area contributed by atoms with Gasteiger partial charge in [-0.25, -0.2) is 23.9 Å². The minimum atomic E-state index is -2.51. The fraction of sp³-hybridized carbons (Fsp3) is 0.200. The van der Waals surface area contributed by atoms with E-state index in [0.717, 1.165) is 5.56 Å². The lowest BCUT2D eigenvalue weighted by molar-refractivity contribution is -0.0337. The monoisotopic (exact) mass is 443 g/mol. The Hall–Kier alpha value is -3.91. The summed E-state index contributed by atoms with van der Waals surface area (Å²) in [5.41, 5.74) is 6.78. The van der Waals surface area contributed by atoms with Gasteiger partial charge < -0.3 is 10.8 Å². The van der Waals surface area contributed by atoms with E-state index in [4.69, 9.17) is 9.85 Å². The Kier molecular flexibility index (Phi) is 3.56. The summed E-state index contributed by atoms with van der Waals surface area (Å²) >= 11 is 0. The fourth-order valence-electron chi connectivity index (χ4n) is 4.47. The zero-order valence-corrected chi connectivity index (χ0v) is 17.4. The van der Waals surface area contributed by atoms with Crippen molar-refractivity contribution in [1.82, 2.24) is 24.6 Å². The van der Waals surface area contributed by atoms with E-state index in [1.165, 1.54) is 10.8 Å². The smallest absolute Gasteiger partial charge is 0.158 e. The summed E-state index contributed by atoms with van der Waals surface area (Å²) in [6.45, 7) is -2.51. The number of nitrogens with two attached hydrogens (primary N) is 1. The summed E-state index contributed by atoms with van der Waals surface area (Å²) in [5.74, 6) is -0.451. The van der Waals surface area contributed by atoms with Crippen molar-refractivity contribution >= 4 is 22.2 Å². The molecule has 164 valence electrons. The van der Waals surface area contributed by atoms with Crippen molar-refractivity contribution in [3.05, 3.63) is 72.6 Å². The van der Waals surface area contributed by atoms with Gasteiger partial charge in [-0.3, -0.25) is 0 Å². The second-order valence-electron chi connectivity index (χ2n) is 8.42. The molecular formula is C25H21FN6O. The van der Waals surface area contributed by atoms with E-state index >= 15 is 4.39 Å². The maximum atomic E-state index is 16.0. The van der Waals surface area contributed by atoms with Crippen LogP contribution in [0.4, 0.5) is 10.2 Å². The quantitative estimate of drug-likeness (QED) is 0.430. The lowest BCUT2D eigenvalue weighted by Crippen LogP contribution is -2.40. The highest BCUT2D eigenvalue weighted by molar-refractivity contribution is 5.91. The fourth-order valence-corrected chi connectivity index (χ4v) is 4.47. The zero-order valence-electron chi connectivity index (χ0n) is 20.4. The Morgan fingerprint density at radius 2 is 1.91 bits per heavy atom. The van der Waals surface area contributed by atoms with Crippen LogP contribution < -0.4 is 5.73 Å². The number of imidazole rings is 1. The minimum absolute atomic E-state index is 0.0197. The highest BCUT2D eigenvalue weighted by Gasteiger charge is 2.42. The third-order valence-corrected chi connectivity index (χ3v) is 6.14. The molecule has 33 heavy (non-hydrogen) atoms. The first-order chi connectivity index (χ1) is 17.2. The molecule has 0 spiro atoms. The van der Waals surface area contributed by atoms with Crippen LogP contribution in [0, 0.1) is 5.82 Å². The van der Waals surface area contributed by atoms with Crippen LogP contribution in [0.3, 0.4) is 0 Å². The largest absolute Gasteiger partial charge is 0.390 e. The number of pyridine rings is 1. The number of aromatic nitrogens is 5. The van der Waals surface area contributed by atoms with Crippen molar-refractivity contribution < 1.29 is 13.6 Å². The molecule has 5 aromatic rings. The van der Waals surface area contributed by atoms with Crippen molar-refractivity contribution in [2.45, 2.75) is 31.2 Å². The SMILES string of the molecule is [2H]C([2H])([2H])[C@]1(O)C[C@H](c2nc(-c3ccc4ccc(-c5ccccc5)nc4c3F)c3c(N)ncnn32)C1. The van der Waals surface area contributed by atoms with Crippen molar-refractivity contribution in [1.29, 1.82) is 0 Å². The molecule has 1 saturated carbocycles. The average molecular weight is 444 g/mol. The van der Waals surface area contributed by atoms with Crippen molar-refractivity contribution in [3.8, 4) is 22.5 Å². The number of benzene rings is 2. The zero-order chi connectivity index (χ0) is 25.2. The van der Waals surface area contributed by atoms with E-state index in [9.17, 15) is 5.11 Å². The van der Waals surface area contributed by atoms with Gasteiger partial charge in [-0.15, -0.1) is 0 Å². The van der Waals surface area contributed by atoms with Crippen LogP contribution in [0.25, 0.3) is 38.9 Å². The van der Waals surface area contributed by atoms with Crippen LogP contribution in [-0.4, -0.2) is 35.3 Å². The molecule has 0 unspecified atom stereocenters. The van der Waals surface area contributed by atoms with Crippen LogP contribution in [0.15, 0.2) is 60.9 Å². The van der Waals surface area contributed by atoms with Gasteiger partial charge in [-0.2, -0.15) is 5.10 Å². The van der Waals surface area contributed by atoms with Crippen LogP contribution >= 0.6 is 0 Å². The van der Waals surface area contributed by atoms with Gasteiger partial charge in [0, 0.05) is 26.5 Å². The Labute approximate surface area is 193 Å². The van der Waals surface area contributed by atoms with E-state index in [2.05, 4.69) is 20.1 Å². The number of aliphatic hydroxyl groups is 1. The number of fused-ring (bicyclic) bond motifs is 2. The predicted molar refractivity (Wildman–Crippen MR) is 124 cm³/mol. The molecule has 0 amide bonds. The van der Waals surface area contributed by atoms with E-state index in [-0.39, 0.29) is 35.4 Å². The molecule has 0 aliphatic heterocycles. The lowest BCUT2D eigenvalue weighted by atomic mass is 9.72. The summed E-state index contributed by atoms with van der Waals surface area (Å²) in [6.07, 6.45) is 1.22. The van der Waals surface area contributed by atoms with Gasteiger partial charge in [0.2, 0.25) is 0 Å². The van der Waals surface area contributed by atoms with E-state index in [1.54, 1.807) is 12.1 Å². The number of hydrogen-bond acceptors (Lipinski definition) is 6. The third-order valence-electron chi connectivity index (χ3n) is 6.14. The Bertz CT molecular complexity index is 1630. The molecule has 1 fully saturated rings. The molecular weight excluding hydrogens is 419 g/mol. The molecule has 0 saturated heterocycles. The van der Waals surface area contributed by atoms with Gasteiger partial charge in [-0.1, -0.05) is 42.5 Å². The molecule has 1 aliphatic rings. The Balaban J connectivity index is 1.50. The summed E-state index contributed by atoms with van der Waals surface area (Å²) < 4.78 is 40.3. The van der Waals surface area contributed by atoms with Crippen LogP contribution in [0.2, 0.25) is 0 Å². The molecule has 0 atom stereocenters. The Morgan fingerprint density at radius 3 is 2.70 bits per heavy atom. The molecule has 3 heterocycles. The summed E-state index contributed by atoms with van der Waals surface area (Å²) in [5, 5.41) is 15.4. The van der Waals surface area contributed by atoms with Crippen molar-refractivity contribution in [2.75, 3.05) is 5.73 Å². The van der Waals surface area contributed by atoms with Crippen molar-refractivity contribution in [2.24, 2.45) is 0 Å². The number of rotatable bonds is 3. The predicted octanol–water partition coefficient (Wildman–Crippen LogP) is 4.36. The summed E-state index contributed by atoms with van der Waals surface area (Å²) in [4.78, 5) is 13.3. The molecule has 0 radical (unpaired) electrons. The molecule has 3 N–H and O–H groups in total. The maximum absolute atomic E-state index is 16.0. The number of nitrogen functional groups attached to an aromatic ring is 1. The first-order valence-corrected chi connectivity index (χ1v) is 10.5. The number of hydrogen-bond donors (Lipinski definition) is 2. The topological polar surface area (TPSA) is 102 Å². The van der Waals surface area contributed by atoms with Gasteiger partial charge in [0.1, 0.15) is 28.9 Å². The lowest BCUT2D eigenvalue weighted by Gasteiger charge is -2.39. The normalized spacial score (nSPS) is 22.0. The van der Waals surface area contributed by atoms with E-state index < -0.39 is 24.2 Å². The van der Waals surface area contributed by atoms with Gasteiger partial charge >= 0.3 is 0 Å². The highest BCUT2D eigenvalue weighted by Crippen LogP contribution is 2.45. The number of halogens is 1. The molecule has 8 heteroatoms. The number of nitrogens with zero attached hydrogens (tertiary/aromatic N) is 5. The van der Waals surface area contributed by atoms with Crippen LogP contribution in [-0.2, 0) is 0 Å².